The topological polar surface area (TPSA) is 59.2 Å². The average Bonchev–Trinajstić information content (AvgIpc) is 3.07. The molecule has 2 aromatic heterocycles. The van der Waals surface area contributed by atoms with Crippen molar-refractivity contribution >= 4 is 28.3 Å². The van der Waals surface area contributed by atoms with Crippen LogP contribution in [0.15, 0.2) is 34.5 Å². The second kappa shape index (κ2) is 4.47. The lowest BCUT2D eigenvalue weighted by molar-refractivity contribution is 0.0829. The number of nitrogens with zero attached hydrogens (tertiary/aromatic N) is 3. The highest BCUT2D eigenvalue weighted by Gasteiger charge is 2.18. The van der Waals surface area contributed by atoms with Gasteiger partial charge in [-0.3, -0.25) is 4.79 Å². The molecular formula is C13H11N3O2S. The Morgan fingerprint density at radius 3 is 2.84 bits per heavy atom. The molecule has 5 nitrogen and oxygen atoms in total. The third kappa shape index (κ3) is 1.90. The number of aromatic nitrogens is 2. The van der Waals surface area contributed by atoms with Crippen molar-refractivity contribution in [2.24, 2.45) is 0 Å². The first kappa shape index (κ1) is 11.9. The van der Waals surface area contributed by atoms with Crippen molar-refractivity contribution in [1.82, 2.24) is 14.9 Å². The second-order valence-electron chi connectivity index (χ2n) is 4.23. The number of carbonyl (C=O) groups excluding carboxylic acids is 1. The van der Waals surface area contributed by atoms with E-state index in [9.17, 15) is 4.79 Å². The van der Waals surface area contributed by atoms with E-state index < -0.39 is 0 Å². The molecular weight excluding hydrogens is 262 g/mol. The molecule has 0 aliphatic carbocycles. The van der Waals surface area contributed by atoms with Crippen molar-refractivity contribution in [3.8, 4) is 10.6 Å². The number of hydrogen-bond donors (Lipinski definition) is 0. The van der Waals surface area contributed by atoms with Gasteiger partial charge in [-0.15, -0.1) is 11.3 Å². The van der Waals surface area contributed by atoms with Crippen molar-refractivity contribution in [1.29, 1.82) is 0 Å². The predicted molar refractivity (Wildman–Crippen MR) is 73.1 cm³/mol. The summed E-state index contributed by atoms with van der Waals surface area (Å²) in [5.41, 5.74) is 2.57. The first-order chi connectivity index (χ1) is 9.18. The van der Waals surface area contributed by atoms with E-state index in [0.717, 1.165) is 10.6 Å². The number of hydrogen-bond acceptors (Lipinski definition) is 5. The highest BCUT2D eigenvalue weighted by molar-refractivity contribution is 7.13. The fourth-order valence-corrected chi connectivity index (χ4v) is 2.55. The van der Waals surface area contributed by atoms with Crippen LogP contribution in [0.2, 0.25) is 0 Å². The molecule has 1 amide bonds. The van der Waals surface area contributed by atoms with E-state index in [1.165, 1.54) is 22.6 Å². The molecule has 0 fully saturated rings. The molecule has 0 unspecified atom stereocenters. The van der Waals surface area contributed by atoms with Gasteiger partial charge in [-0.2, -0.15) is 0 Å². The van der Waals surface area contributed by atoms with Gasteiger partial charge in [0.05, 0.1) is 11.1 Å². The van der Waals surface area contributed by atoms with Crippen LogP contribution in [0.3, 0.4) is 0 Å². The first-order valence-corrected chi connectivity index (χ1v) is 6.54. The van der Waals surface area contributed by atoms with E-state index >= 15 is 0 Å². The molecule has 0 saturated carbocycles. The highest BCUT2D eigenvalue weighted by atomic mass is 32.1. The van der Waals surface area contributed by atoms with E-state index in [4.69, 9.17) is 4.42 Å². The second-order valence-corrected chi connectivity index (χ2v) is 5.12. The van der Waals surface area contributed by atoms with Crippen molar-refractivity contribution in [3.05, 3.63) is 35.7 Å². The van der Waals surface area contributed by atoms with E-state index in [2.05, 4.69) is 9.97 Å². The zero-order chi connectivity index (χ0) is 13.4. The van der Waals surface area contributed by atoms with Gasteiger partial charge in [0, 0.05) is 25.7 Å². The molecule has 0 atom stereocenters. The van der Waals surface area contributed by atoms with Crippen molar-refractivity contribution in [3.63, 3.8) is 0 Å². The lowest BCUT2D eigenvalue weighted by Gasteiger charge is -2.10. The Morgan fingerprint density at radius 1 is 1.32 bits per heavy atom. The summed E-state index contributed by atoms with van der Waals surface area (Å²) in [6.45, 7) is 0. The van der Waals surface area contributed by atoms with Crippen LogP contribution < -0.4 is 0 Å². The van der Waals surface area contributed by atoms with E-state index in [0.29, 0.717) is 16.7 Å². The molecule has 1 aromatic carbocycles. The molecule has 0 bridgehead atoms. The summed E-state index contributed by atoms with van der Waals surface area (Å²) in [4.78, 5) is 22.0. The Bertz CT molecular complexity index is 732. The van der Waals surface area contributed by atoms with Crippen LogP contribution in [0.25, 0.3) is 21.7 Å². The van der Waals surface area contributed by atoms with Gasteiger partial charge < -0.3 is 9.32 Å². The summed E-state index contributed by atoms with van der Waals surface area (Å²) in [6.07, 6.45) is 3.09. The lowest BCUT2D eigenvalue weighted by atomic mass is 10.1. The molecule has 0 spiro atoms. The fraction of sp³-hybridized carbons (Fsp3) is 0.154. The molecule has 0 radical (unpaired) electrons. The Hall–Kier alpha value is -2.21. The van der Waals surface area contributed by atoms with Crippen molar-refractivity contribution in [2.45, 2.75) is 0 Å². The van der Waals surface area contributed by atoms with E-state index in [1.54, 1.807) is 26.4 Å². The number of benzene rings is 1. The zero-order valence-electron chi connectivity index (χ0n) is 10.5. The number of amides is 1. The minimum absolute atomic E-state index is 0.0930. The van der Waals surface area contributed by atoms with Gasteiger partial charge in [-0.25, -0.2) is 9.97 Å². The third-order valence-electron chi connectivity index (χ3n) is 2.78. The van der Waals surface area contributed by atoms with Gasteiger partial charge in [0.15, 0.2) is 12.0 Å². The molecule has 3 aromatic rings. The summed E-state index contributed by atoms with van der Waals surface area (Å²) in [6, 6.07) is 3.62. The van der Waals surface area contributed by atoms with Crippen molar-refractivity contribution < 1.29 is 9.21 Å². The smallest absolute Gasteiger partial charge is 0.255 e. The van der Waals surface area contributed by atoms with Crippen LogP contribution in [0, 0.1) is 0 Å². The summed E-state index contributed by atoms with van der Waals surface area (Å²) < 4.78 is 5.43. The molecule has 3 rings (SSSR count). The fourth-order valence-electron chi connectivity index (χ4n) is 1.89. The van der Waals surface area contributed by atoms with E-state index in [1.807, 2.05) is 11.4 Å². The standard InChI is InChI=1S/C13H11N3O2S/c1-16(2)13(17)8-3-4-9(12-14-5-6-19-12)11-10(8)15-7-18-11/h3-7H,1-2H3. The molecule has 6 heteroatoms. The Kier molecular flexibility index (Phi) is 2.79. The maximum Gasteiger partial charge on any atom is 0.255 e. The van der Waals surface area contributed by atoms with E-state index in [-0.39, 0.29) is 5.91 Å². The van der Waals surface area contributed by atoms with Crippen LogP contribution >= 0.6 is 11.3 Å². The average molecular weight is 273 g/mol. The molecule has 0 saturated heterocycles. The van der Waals surface area contributed by atoms with Crippen LogP contribution in [0.1, 0.15) is 10.4 Å². The van der Waals surface area contributed by atoms with Crippen LogP contribution in [-0.4, -0.2) is 34.9 Å². The zero-order valence-corrected chi connectivity index (χ0v) is 11.3. The molecule has 0 aliphatic rings. The quantitative estimate of drug-likeness (QED) is 0.720. The van der Waals surface area contributed by atoms with Crippen molar-refractivity contribution in [2.75, 3.05) is 14.1 Å². The highest BCUT2D eigenvalue weighted by Crippen LogP contribution is 2.31. The normalized spacial score (nSPS) is 10.8. The van der Waals surface area contributed by atoms with Gasteiger partial charge in [-0.1, -0.05) is 0 Å². The van der Waals surface area contributed by atoms with Gasteiger partial charge in [0.1, 0.15) is 10.5 Å². The third-order valence-corrected chi connectivity index (χ3v) is 3.59. The minimum Gasteiger partial charge on any atom is -0.443 e. The van der Waals surface area contributed by atoms with Crippen LogP contribution in [0.4, 0.5) is 0 Å². The number of fused-ring (bicyclic) bond motifs is 1. The number of rotatable bonds is 2. The molecule has 19 heavy (non-hydrogen) atoms. The maximum absolute atomic E-state index is 12.1. The lowest BCUT2D eigenvalue weighted by Crippen LogP contribution is -2.21. The summed E-state index contributed by atoms with van der Waals surface area (Å²) in [7, 11) is 3.42. The van der Waals surface area contributed by atoms with Gasteiger partial charge in [0.2, 0.25) is 0 Å². The SMILES string of the molecule is CN(C)C(=O)c1ccc(-c2nccs2)c2ocnc12. The van der Waals surface area contributed by atoms with Gasteiger partial charge >= 0.3 is 0 Å². The minimum atomic E-state index is -0.0930. The monoisotopic (exact) mass is 273 g/mol. The molecule has 0 aliphatic heterocycles. The van der Waals surface area contributed by atoms with Crippen LogP contribution in [0.5, 0.6) is 0 Å². The summed E-state index contributed by atoms with van der Waals surface area (Å²) in [5.74, 6) is -0.0930. The Morgan fingerprint density at radius 2 is 2.16 bits per heavy atom. The van der Waals surface area contributed by atoms with Gasteiger partial charge in [-0.05, 0) is 12.1 Å². The number of thiazole rings is 1. The maximum atomic E-state index is 12.1. The van der Waals surface area contributed by atoms with Crippen LogP contribution in [-0.2, 0) is 0 Å². The largest absolute Gasteiger partial charge is 0.443 e. The van der Waals surface area contributed by atoms with Gasteiger partial charge in [0.25, 0.3) is 5.91 Å². The summed E-state index contributed by atoms with van der Waals surface area (Å²) >= 11 is 1.52. The molecule has 96 valence electrons. The Labute approximate surface area is 113 Å². The number of oxazole rings is 1. The molecule has 2 heterocycles. The first-order valence-electron chi connectivity index (χ1n) is 5.66. The number of carbonyl (C=O) groups is 1. The summed E-state index contributed by atoms with van der Waals surface area (Å²) in [5, 5.41) is 2.75. The predicted octanol–water partition coefficient (Wildman–Crippen LogP) is 2.65. The Balaban J connectivity index is 2.23. The molecule has 0 N–H and O–H groups in total.